The van der Waals surface area contributed by atoms with Gasteiger partial charge in [0.25, 0.3) is 11.6 Å². The number of carbonyl (C=O) groups excluding carboxylic acids is 2. The lowest BCUT2D eigenvalue weighted by Gasteiger charge is -2.24. The summed E-state index contributed by atoms with van der Waals surface area (Å²) >= 11 is 0. The molecule has 14 nitrogen and oxygen atoms in total. The molecule has 2 fully saturated rings. The second kappa shape index (κ2) is 11.1. The summed E-state index contributed by atoms with van der Waals surface area (Å²) in [5, 5.41) is 74.7. The molecule has 0 aliphatic carbocycles. The van der Waals surface area contributed by atoms with Gasteiger partial charge >= 0.3 is 11.9 Å². The average molecular weight is 472 g/mol. The summed E-state index contributed by atoms with van der Waals surface area (Å²) in [6.07, 6.45) is -10.2. The molecular weight excluding hydrogens is 440 g/mol. The summed E-state index contributed by atoms with van der Waals surface area (Å²) in [7, 11) is 0. The van der Waals surface area contributed by atoms with Crippen LogP contribution in [0.5, 0.6) is 0 Å². The Morgan fingerprint density at radius 3 is 1.22 bits per heavy atom. The highest BCUT2D eigenvalue weighted by molar-refractivity contribution is 5.79. The zero-order valence-electron chi connectivity index (χ0n) is 18.1. The van der Waals surface area contributed by atoms with Crippen LogP contribution < -0.4 is 0 Å². The van der Waals surface area contributed by atoms with E-state index in [1.165, 1.54) is 0 Å². The fourth-order valence-electron chi connectivity index (χ4n) is 2.84. The topological polar surface area (TPSA) is 233 Å². The van der Waals surface area contributed by atoms with Gasteiger partial charge in [-0.3, -0.25) is 0 Å². The highest BCUT2D eigenvalue weighted by atomic mass is 16.7. The molecule has 8 atom stereocenters. The third kappa shape index (κ3) is 5.91. The van der Waals surface area contributed by atoms with Gasteiger partial charge in [0.15, 0.2) is 0 Å². The van der Waals surface area contributed by atoms with E-state index in [1.54, 1.807) is 27.7 Å². The highest BCUT2D eigenvalue weighted by Crippen LogP contribution is 2.31. The molecule has 0 saturated carbocycles. The average Bonchev–Trinajstić information content (AvgIpc) is 3.08. The number of aliphatic hydroxyl groups excluding tert-OH is 6. The molecule has 2 saturated heterocycles. The lowest BCUT2D eigenvalue weighted by Crippen LogP contribution is -2.51. The molecule has 0 aromatic heterocycles. The lowest BCUT2D eigenvalue weighted by atomic mass is 10.1. The van der Waals surface area contributed by atoms with E-state index in [9.17, 15) is 40.2 Å². The Hall–Kier alpha value is -1.46. The molecule has 0 aromatic rings. The smallest absolute Gasteiger partial charge is 0.369 e. The fraction of sp³-hybridized carbons (Fsp3) is 0.889. The quantitative estimate of drug-likeness (QED) is 0.170. The molecule has 0 amide bonds. The van der Waals surface area contributed by atoms with Crippen LogP contribution in [0.25, 0.3) is 0 Å². The van der Waals surface area contributed by atoms with Gasteiger partial charge in [-0.1, -0.05) is 0 Å². The zero-order valence-corrected chi connectivity index (χ0v) is 18.1. The van der Waals surface area contributed by atoms with Crippen molar-refractivity contribution in [1.82, 2.24) is 0 Å². The van der Waals surface area contributed by atoms with Gasteiger partial charge in [0, 0.05) is 0 Å². The van der Waals surface area contributed by atoms with E-state index >= 15 is 0 Å². The third-order valence-corrected chi connectivity index (χ3v) is 4.50. The molecule has 14 heteroatoms. The van der Waals surface area contributed by atoms with Crippen LogP contribution in [0.3, 0.4) is 0 Å². The maximum absolute atomic E-state index is 11.4. The second-order valence-electron chi connectivity index (χ2n) is 7.85. The van der Waals surface area contributed by atoms with Crippen LogP contribution in [-0.4, -0.2) is 126 Å². The normalized spacial score (nSPS) is 39.1. The van der Waals surface area contributed by atoms with Gasteiger partial charge in [0.1, 0.15) is 36.6 Å². The minimum absolute atomic E-state index is 0.502. The summed E-state index contributed by atoms with van der Waals surface area (Å²) < 4.78 is 18.8. The van der Waals surface area contributed by atoms with Crippen LogP contribution in [-0.2, 0) is 28.5 Å². The summed E-state index contributed by atoms with van der Waals surface area (Å²) in [4.78, 5) is 22.9. The van der Waals surface area contributed by atoms with Crippen molar-refractivity contribution in [3.63, 3.8) is 0 Å². The summed E-state index contributed by atoms with van der Waals surface area (Å²) in [5.41, 5.74) is 0. The van der Waals surface area contributed by atoms with Crippen LogP contribution >= 0.6 is 0 Å². The first kappa shape index (κ1) is 28.6. The van der Waals surface area contributed by atoms with Crippen molar-refractivity contribution < 1.29 is 69.4 Å². The summed E-state index contributed by atoms with van der Waals surface area (Å²) in [5.74, 6) is -7.64. The Morgan fingerprint density at radius 1 is 0.750 bits per heavy atom. The highest BCUT2D eigenvalue weighted by Gasteiger charge is 2.60. The van der Waals surface area contributed by atoms with E-state index in [2.05, 4.69) is 9.47 Å². The first-order valence-electron chi connectivity index (χ1n) is 9.82. The molecule has 0 radical (unpaired) electrons. The molecule has 2 unspecified atom stereocenters. The standard InChI is InChI=1S/2C9H16O7/c2*1-4(2)15-8(13)9(14)7(12)6(11)5(3-10)16-9/h2*4-7,10-12,14H,3H2,1-2H3/t2*5-,6+,7-,9?/m11/s1. The molecule has 8 N–H and O–H groups in total. The number of hydrogen-bond donors (Lipinski definition) is 8. The first-order chi connectivity index (χ1) is 14.6. The van der Waals surface area contributed by atoms with E-state index in [1.807, 2.05) is 0 Å². The number of carbonyl (C=O) groups is 2. The molecule has 188 valence electrons. The van der Waals surface area contributed by atoms with E-state index in [-0.39, 0.29) is 0 Å². The summed E-state index contributed by atoms with van der Waals surface area (Å²) in [6, 6.07) is 0. The van der Waals surface area contributed by atoms with Gasteiger partial charge < -0.3 is 59.8 Å². The zero-order chi connectivity index (χ0) is 25.0. The van der Waals surface area contributed by atoms with Crippen molar-refractivity contribution in [2.24, 2.45) is 0 Å². The van der Waals surface area contributed by atoms with Crippen molar-refractivity contribution in [2.45, 2.75) is 88.1 Å². The maximum Gasteiger partial charge on any atom is 0.369 e. The molecule has 32 heavy (non-hydrogen) atoms. The van der Waals surface area contributed by atoms with Crippen LogP contribution in [0.1, 0.15) is 27.7 Å². The SMILES string of the molecule is CC(C)OC(=O)C1(O)O[C@H](CO)[C@H](O)[C@H]1O.CC(C)OC(=O)C1(O)O[C@H](CO)[C@H](O)[C@H]1O. The van der Waals surface area contributed by atoms with Gasteiger partial charge in [-0.25, -0.2) is 9.59 Å². The minimum Gasteiger partial charge on any atom is -0.459 e. The Balaban J connectivity index is 0.000000320. The molecule has 2 aliphatic rings. The van der Waals surface area contributed by atoms with Gasteiger partial charge in [-0.05, 0) is 27.7 Å². The second-order valence-corrected chi connectivity index (χ2v) is 7.85. The van der Waals surface area contributed by atoms with Crippen LogP contribution in [0, 0.1) is 0 Å². The van der Waals surface area contributed by atoms with Crippen molar-refractivity contribution in [2.75, 3.05) is 13.2 Å². The van der Waals surface area contributed by atoms with E-state index in [4.69, 9.17) is 19.7 Å². The predicted molar refractivity (Wildman–Crippen MR) is 100 cm³/mol. The monoisotopic (exact) mass is 472 g/mol. The molecule has 0 aromatic carbocycles. The lowest BCUT2D eigenvalue weighted by molar-refractivity contribution is -0.246. The largest absolute Gasteiger partial charge is 0.459 e. The Bertz CT molecular complexity index is 587. The maximum atomic E-state index is 11.4. The Labute approximate surface area is 183 Å². The third-order valence-electron chi connectivity index (χ3n) is 4.50. The summed E-state index contributed by atoms with van der Waals surface area (Å²) in [6.45, 7) is 4.97. The number of ether oxygens (including phenoxy) is 4. The Kier molecular flexibility index (Phi) is 9.92. The van der Waals surface area contributed by atoms with E-state index in [0.29, 0.717) is 0 Å². The van der Waals surface area contributed by atoms with Gasteiger partial charge in [0.05, 0.1) is 25.4 Å². The van der Waals surface area contributed by atoms with Crippen molar-refractivity contribution in [3.8, 4) is 0 Å². The molecule has 2 heterocycles. The number of rotatable bonds is 6. The first-order valence-corrected chi connectivity index (χ1v) is 9.82. The van der Waals surface area contributed by atoms with E-state index < -0.39 is 85.6 Å². The van der Waals surface area contributed by atoms with Gasteiger partial charge in [-0.15, -0.1) is 0 Å². The number of aliphatic hydroxyl groups is 8. The van der Waals surface area contributed by atoms with Crippen molar-refractivity contribution in [3.05, 3.63) is 0 Å². The van der Waals surface area contributed by atoms with Gasteiger partial charge in [0.2, 0.25) is 0 Å². The van der Waals surface area contributed by atoms with Crippen molar-refractivity contribution in [1.29, 1.82) is 0 Å². The fourth-order valence-corrected chi connectivity index (χ4v) is 2.84. The predicted octanol–water partition coefficient (Wildman–Crippen LogP) is -4.52. The number of hydrogen-bond acceptors (Lipinski definition) is 14. The van der Waals surface area contributed by atoms with E-state index in [0.717, 1.165) is 0 Å². The molecule has 0 spiro atoms. The van der Waals surface area contributed by atoms with Crippen molar-refractivity contribution >= 4 is 11.9 Å². The number of esters is 2. The molecular formula is C18H32O14. The van der Waals surface area contributed by atoms with Gasteiger partial charge in [-0.2, -0.15) is 0 Å². The minimum atomic E-state index is -2.63. The Morgan fingerprint density at radius 2 is 1.03 bits per heavy atom. The molecule has 2 aliphatic heterocycles. The van der Waals surface area contributed by atoms with Crippen LogP contribution in [0.2, 0.25) is 0 Å². The van der Waals surface area contributed by atoms with Crippen LogP contribution in [0.15, 0.2) is 0 Å². The molecule has 2 rings (SSSR count). The molecule has 0 bridgehead atoms. The van der Waals surface area contributed by atoms with Crippen LogP contribution in [0.4, 0.5) is 0 Å².